The monoisotopic (exact) mass is 578 g/mol. The number of carbonyl (C=O) groups excluding carboxylic acids is 1. The van der Waals surface area contributed by atoms with Crippen molar-refractivity contribution in [2.24, 2.45) is 5.92 Å². The second kappa shape index (κ2) is 12.5. The van der Waals surface area contributed by atoms with Crippen molar-refractivity contribution in [3.63, 3.8) is 0 Å². The topological polar surface area (TPSA) is 96.4 Å². The van der Waals surface area contributed by atoms with Crippen LogP contribution >= 0.6 is 11.6 Å². The van der Waals surface area contributed by atoms with Crippen molar-refractivity contribution < 1.29 is 24.1 Å². The van der Waals surface area contributed by atoms with Crippen LogP contribution in [-0.2, 0) is 4.79 Å². The molecule has 3 aliphatic heterocycles. The number of aliphatic hydroxyl groups is 1. The molecule has 2 fully saturated rings. The molecule has 216 valence electrons. The molecule has 3 atom stereocenters. The lowest BCUT2D eigenvalue weighted by molar-refractivity contribution is -0.126. The van der Waals surface area contributed by atoms with Crippen LogP contribution in [0.2, 0.25) is 5.02 Å². The second-order valence-corrected chi connectivity index (χ2v) is 11.2. The maximum absolute atomic E-state index is 13.6. The van der Waals surface area contributed by atoms with Crippen molar-refractivity contribution in [1.29, 1.82) is 0 Å². The number of likely N-dealkylation sites (tertiary alicyclic amines) is 1. The number of benzene rings is 2. The summed E-state index contributed by atoms with van der Waals surface area (Å²) in [5.41, 5.74) is 1.63. The van der Waals surface area contributed by atoms with Gasteiger partial charge in [-0.2, -0.15) is 0 Å². The summed E-state index contributed by atoms with van der Waals surface area (Å²) in [6.45, 7) is 4.80. The van der Waals surface area contributed by atoms with Crippen molar-refractivity contribution in [2.75, 3.05) is 50.8 Å². The van der Waals surface area contributed by atoms with E-state index >= 15 is 0 Å². The minimum Gasteiger partial charge on any atom is -0.486 e. The number of halogens is 1. The van der Waals surface area contributed by atoms with Crippen LogP contribution in [0.4, 0.5) is 5.69 Å². The Labute approximate surface area is 245 Å². The fourth-order valence-corrected chi connectivity index (χ4v) is 5.90. The number of hydrogen-bond donors (Lipinski definition) is 2. The molecule has 1 amide bonds. The molecular weight excluding hydrogens is 544 g/mol. The average molecular weight is 579 g/mol. The van der Waals surface area contributed by atoms with Gasteiger partial charge in [0.2, 0.25) is 11.8 Å². The number of pyridine rings is 1. The normalized spacial score (nSPS) is 20.0. The van der Waals surface area contributed by atoms with E-state index in [0.717, 1.165) is 38.2 Å². The number of nitrogens with one attached hydrogen (secondary N) is 1. The molecule has 4 heterocycles. The molecule has 2 N–H and O–H groups in total. The highest BCUT2D eigenvalue weighted by Gasteiger charge is 2.33. The first-order chi connectivity index (χ1) is 20.0. The van der Waals surface area contributed by atoms with E-state index < -0.39 is 12.1 Å². The zero-order valence-electron chi connectivity index (χ0n) is 22.9. The Balaban J connectivity index is 1.13. The number of hydrogen-bond acceptors (Lipinski definition) is 8. The lowest BCUT2D eigenvalue weighted by Gasteiger charge is -2.30. The number of aromatic nitrogens is 1. The Morgan fingerprint density at radius 1 is 1.07 bits per heavy atom. The Bertz CT molecular complexity index is 1350. The number of ether oxygens (including phenoxy) is 3. The van der Waals surface area contributed by atoms with Gasteiger partial charge >= 0.3 is 0 Å². The van der Waals surface area contributed by atoms with Gasteiger partial charge in [0.1, 0.15) is 25.1 Å². The third-order valence-electron chi connectivity index (χ3n) is 7.96. The first-order valence-electron chi connectivity index (χ1n) is 14.3. The lowest BCUT2D eigenvalue weighted by atomic mass is 9.99. The van der Waals surface area contributed by atoms with E-state index in [1.54, 1.807) is 18.3 Å². The van der Waals surface area contributed by atoms with Crippen LogP contribution in [-0.4, -0.2) is 72.9 Å². The summed E-state index contributed by atoms with van der Waals surface area (Å²) in [5.74, 6) is 2.02. The first kappa shape index (κ1) is 27.6. The largest absolute Gasteiger partial charge is 0.486 e. The van der Waals surface area contributed by atoms with E-state index in [-0.39, 0.29) is 11.8 Å². The van der Waals surface area contributed by atoms with Gasteiger partial charge in [0.05, 0.1) is 17.0 Å². The average Bonchev–Trinajstić information content (AvgIpc) is 3.71. The summed E-state index contributed by atoms with van der Waals surface area (Å²) in [6, 6.07) is 16.1. The summed E-state index contributed by atoms with van der Waals surface area (Å²) >= 11 is 6.40. The maximum atomic E-state index is 13.6. The molecule has 2 saturated heterocycles. The molecule has 9 nitrogen and oxygen atoms in total. The van der Waals surface area contributed by atoms with E-state index in [4.69, 9.17) is 25.8 Å². The van der Waals surface area contributed by atoms with E-state index in [1.807, 2.05) is 42.5 Å². The fraction of sp³-hybridized carbons (Fsp3) is 0.419. The summed E-state index contributed by atoms with van der Waals surface area (Å²) < 4.78 is 17.3. The smallest absolute Gasteiger partial charge is 0.225 e. The first-order valence-corrected chi connectivity index (χ1v) is 14.6. The highest BCUT2D eigenvalue weighted by Crippen LogP contribution is 2.36. The standard InChI is InChI=1S/C31H35ClN4O5/c32-24-8-7-23(18-27(24)41-29-5-1-2-11-33-29)36-14-10-22(19-36)31(38)34-25(20-35-12-3-4-13-35)30(37)21-6-9-26-28(17-21)40-16-15-39-26/h1-2,5-9,11,17-18,22,25,30,37H,3-4,10,12-16,19-20H2,(H,34,38)/t22?,25-,30-/m1/s1. The molecule has 3 aromatic rings. The number of carbonyl (C=O) groups is 1. The van der Waals surface area contributed by atoms with Crippen molar-refractivity contribution in [3.8, 4) is 23.1 Å². The van der Waals surface area contributed by atoms with E-state index in [2.05, 4.69) is 20.1 Å². The molecule has 10 heteroatoms. The van der Waals surface area contributed by atoms with E-state index in [0.29, 0.717) is 66.4 Å². The van der Waals surface area contributed by atoms with Crippen LogP contribution in [0.3, 0.4) is 0 Å². The van der Waals surface area contributed by atoms with Crippen molar-refractivity contribution in [3.05, 3.63) is 71.4 Å². The Kier molecular flexibility index (Phi) is 8.46. The van der Waals surface area contributed by atoms with Gasteiger partial charge in [0.15, 0.2) is 11.5 Å². The summed E-state index contributed by atoms with van der Waals surface area (Å²) in [6.07, 6.45) is 3.76. The number of amides is 1. The molecule has 2 aromatic carbocycles. The van der Waals surface area contributed by atoms with Gasteiger partial charge in [-0.1, -0.05) is 23.7 Å². The van der Waals surface area contributed by atoms with Crippen LogP contribution < -0.4 is 24.4 Å². The molecule has 0 saturated carbocycles. The predicted molar refractivity (Wildman–Crippen MR) is 156 cm³/mol. The number of nitrogens with zero attached hydrogens (tertiary/aromatic N) is 3. The molecule has 1 aromatic heterocycles. The van der Waals surface area contributed by atoms with Crippen LogP contribution in [0.25, 0.3) is 0 Å². The number of fused-ring (bicyclic) bond motifs is 1. The number of aliphatic hydroxyl groups excluding tert-OH is 1. The predicted octanol–water partition coefficient (Wildman–Crippen LogP) is 4.44. The van der Waals surface area contributed by atoms with Gasteiger partial charge in [0.25, 0.3) is 0 Å². The Morgan fingerprint density at radius 3 is 2.71 bits per heavy atom. The molecule has 0 bridgehead atoms. The van der Waals surface area contributed by atoms with Crippen molar-refractivity contribution in [1.82, 2.24) is 15.2 Å². The van der Waals surface area contributed by atoms with Crippen LogP contribution in [0.15, 0.2) is 60.8 Å². The quantitative estimate of drug-likeness (QED) is 0.385. The van der Waals surface area contributed by atoms with Gasteiger partial charge in [-0.25, -0.2) is 4.98 Å². The summed E-state index contributed by atoms with van der Waals surface area (Å²) in [7, 11) is 0. The van der Waals surface area contributed by atoms with Gasteiger partial charge in [-0.05, 0) is 68.2 Å². The number of anilines is 1. The van der Waals surface area contributed by atoms with Gasteiger partial charge in [0, 0.05) is 43.7 Å². The van der Waals surface area contributed by atoms with Crippen LogP contribution in [0, 0.1) is 5.92 Å². The van der Waals surface area contributed by atoms with E-state index in [1.165, 1.54) is 0 Å². The van der Waals surface area contributed by atoms with Crippen LogP contribution in [0.1, 0.15) is 30.9 Å². The highest BCUT2D eigenvalue weighted by atomic mass is 35.5. The van der Waals surface area contributed by atoms with Gasteiger partial charge < -0.3 is 34.4 Å². The SMILES string of the molecule is O=C(N[C@H](CN1CCCC1)[C@H](O)c1ccc2c(c1)OCCO2)C1CCN(c2ccc(Cl)c(Oc3ccccn3)c2)C1. The lowest BCUT2D eigenvalue weighted by Crippen LogP contribution is -2.48. The zero-order chi connectivity index (χ0) is 28.2. The third kappa shape index (κ3) is 6.53. The fourth-order valence-electron chi connectivity index (χ4n) is 5.74. The number of rotatable bonds is 9. The Morgan fingerprint density at radius 2 is 1.90 bits per heavy atom. The molecule has 0 radical (unpaired) electrons. The minimum atomic E-state index is -0.879. The minimum absolute atomic E-state index is 0.0489. The molecular formula is C31H35ClN4O5. The van der Waals surface area contributed by atoms with Gasteiger partial charge in [-0.15, -0.1) is 0 Å². The molecule has 6 rings (SSSR count). The zero-order valence-corrected chi connectivity index (χ0v) is 23.6. The summed E-state index contributed by atoms with van der Waals surface area (Å²) in [4.78, 5) is 22.3. The highest BCUT2D eigenvalue weighted by molar-refractivity contribution is 6.32. The van der Waals surface area contributed by atoms with Crippen LogP contribution in [0.5, 0.6) is 23.1 Å². The summed E-state index contributed by atoms with van der Waals surface area (Å²) in [5, 5.41) is 15.2. The van der Waals surface area contributed by atoms with Gasteiger partial charge in [-0.3, -0.25) is 4.79 Å². The second-order valence-electron chi connectivity index (χ2n) is 10.8. The molecule has 0 aliphatic carbocycles. The molecule has 1 unspecified atom stereocenters. The van der Waals surface area contributed by atoms with Crippen molar-refractivity contribution in [2.45, 2.75) is 31.4 Å². The Hall–Kier alpha value is -3.53. The van der Waals surface area contributed by atoms with Crippen molar-refractivity contribution >= 4 is 23.2 Å². The molecule has 41 heavy (non-hydrogen) atoms. The maximum Gasteiger partial charge on any atom is 0.225 e. The molecule has 3 aliphatic rings. The molecule has 0 spiro atoms. The van der Waals surface area contributed by atoms with E-state index in [9.17, 15) is 9.90 Å². The third-order valence-corrected chi connectivity index (χ3v) is 8.27.